The van der Waals surface area contributed by atoms with Crippen molar-refractivity contribution < 1.29 is 4.79 Å². The van der Waals surface area contributed by atoms with E-state index in [1.807, 2.05) is 42.8 Å². The fraction of sp³-hybridized carbons (Fsp3) is 0.320. The zero-order chi connectivity index (χ0) is 21.9. The van der Waals surface area contributed by atoms with Crippen LogP contribution in [0.4, 0.5) is 0 Å². The Labute approximate surface area is 178 Å². The first kappa shape index (κ1) is 21.5. The van der Waals surface area contributed by atoms with Crippen molar-refractivity contribution in [2.24, 2.45) is 5.10 Å². The molecule has 0 unspecified atom stereocenters. The number of nitrogens with zero attached hydrogens (tertiary/aromatic N) is 3. The molecule has 0 aliphatic rings. The van der Waals surface area contributed by atoms with Gasteiger partial charge in [0.15, 0.2) is 0 Å². The molecular weight excluding hydrogens is 372 g/mol. The van der Waals surface area contributed by atoms with Gasteiger partial charge in [-0.2, -0.15) is 10.2 Å². The second-order valence-corrected chi connectivity index (χ2v) is 8.75. The lowest BCUT2D eigenvalue weighted by Gasteiger charge is -2.18. The van der Waals surface area contributed by atoms with E-state index in [9.17, 15) is 4.79 Å². The van der Waals surface area contributed by atoms with Crippen molar-refractivity contribution >= 4 is 12.1 Å². The number of aryl methyl sites for hydroxylation is 2. The molecule has 0 bridgehead atoms. The maximum atomic E-state index is 12.4. The summed E-state index contributed by atoms with van der Waals surface area (Å²) in [5.41, 5.74) is 9.70. The lowest BCUT2D eigenvalue weighted by molar-refractivity contribution is 0.0955. The molecule has 0 radical (unpaired) electrons. The Kier molecular flexibility index (Phi) is 6.20. The zero-order valence-corrected chi connectivity index (χ0v) is 18.7. The second kappa shape index (κ2) is 8.66. The molecule has 0 aliphatic heterocycles. The van der Waals surface area contributed by atoms with Crippen LogP contribution in [0.15, 0.2) is 53.6 Å². The van der Waals surface area contributed by atoms with E-state index in [2.05, 4.69) is 67.6 Å². The Morgan fingerprint density at radius 2 is 1.67 bits per heavy atom. The molecule has 1 N–H and O–H groups in total. The Balaban J connectivity index is 1.68. The summed E-state index contributed by atoms with van der Waals surface area (Å²) in [5.74, 6) is -0.228. The summed E-state index contributed by atoms with van der Waals surface area (Å²) in [7, 11) is 0. The van der Waals surface area contributed by atoms with Gasteiger partial charge in [0.1, 0.15) is 0 Å². The number of hydrazone groups is 1. The van der Waals surface area contributed by atoms with Gasteiger partial charge in [0.2, 0.25) is 0 Å². The summed E-state index contributed by atoms with van der Waals surface area (Å²) >= 11 is 0. The quantitative estimate of drug-likeness (QED) is 0.486. The Morgan fingerprint density at radius 1 is 1.03 bits per heavy atom. The predicted octanol–water partition coefficient (Wildman–Crippen LogP) is 4.92. The summed E-state index contributed by atoms with van der Waals surface area (Å²) in [6.45, 7) is 13.2. The van der Waals surface area contributed by atoms with Crippen LogP contribution < -0.4 is 5.43 Å². The molecule has 30 heavy (non-hydrogen) atoms. The van der Waals surface area contributed by atoms with Crippen LogP contribution in [0, 0.1) is 20.8 Å². The summed E-state index contributed by atoms with van der Waals surface area (Å²) < 4.78 is 1.97. The lowest BCUT2D eigenvalue weighted by atomic mass is 9.87. The third-order valence-electron chi connectivity index (χ3n) is 5.26. The molecule has 5 nitrogen and oxygen atoms in total. The van der Waals surface area contributed by atoms with Crippen molar-refractivity contribution in [3.05, 3.63) is 87.7 Å². The fourth-order valence-corrected chi connectivity index (χ4v) is 3.26. The van der Waals surface area contributed by atoms with Gasteiger partial charge in [-0.1, -0.05) is 62.7 Å². The monoisotopic (exact) mass is 402 g/mol. The van der Waals surface area contributed by atoms with Crippen LogP contribution in [0.2, 0.25) is 0 Å². The molecule has 3 rings (SSSR count). The first-order chi connectivity index (χ1) is 14.1. The molecular formula is C25H30N4O. The van der Waals surface area contributed by atoms with E-state index in [4.69, 9.17) is 0 Å². The molecule has 3 aromatic rings. The van der Waals surface area contributed by atoms with Crippen LogP contribution in [0.1, 0.15) is 64.8 Å². The van der Waals surface area contributed by atoms with Gasteiger partial charge in [-0.25, -0.2) is 5.43 Å². The Bertz CT molecular complexity index is 1050. The van der Waals surface area contributed by atoms with E-state index in [1.165, 1.54) is 16.7 Å². The van der Waals surface area contributed by atoms with Crippen molar-refractivity contribution in [2.45, 2.75) is 53.5 Å². The molecule has 0 saturated heterocycles. The number of rotatable bonds is 5. The van der Waals surface area contributed by atoms with Gasteiger partial charge in [-0.05, 0) is 49.4 Å². The van der Waals surface area contributed by atoms with Crippen LogP contribution in [-0.2, 0) is 12.0 Å². The molecule has 1 heterocycles. The molecule has 0 spiro atoms. The van der Waals surface area contributed by atoms with Gasteiger partial charge < -0.3 is 0 Å². The van der Waals surface area contributed by atoms with Gasteiger partial charge in [0.05, 0.1) is 18.5 Å². The number of nitrogens with one attached hydrogen (secondary N) is 1. The molecule has 1 amide bonds. The number of amides is 1. The van der Waals surface area contributed by atoms with Gasteiger partial charge >= 0.3 is 0 Å². The smallest absolute Gasteiger partial charge is 0.267 e. The Morgan fingerprint density at radius 3 is 2.27 bits per heavy atom. The first-order valence-electron chi connectivity index (χ1n) is 10.2. The Hall–Kier alpha value is -3.21. The average Bonchev–Trinajstić information content (AvgIpc) is 2.96. The molecule has 1 aromatic heterocycles. The summed E-state index contributed by atoms with van der Waals surface area (Å²) in [4.78, 5) is 12.4. The first-order valence-corrected chi connectivity index (χ1v) is 10.2. The van der Waals surface area contributed by atoms with E-state index in [0.717, 1.165) is 17.0 Å². The highest BCUT2D eigenvalue weighted by Crippen LogP contribution is 2.22. The van der Waals surface area contributed by atoms with Crippen LogP contribution in [0.25, 0.3) is 0 Å². The van der Waals surface area contributed by atoms with Crippen LogP contribution in [-0.4, -0.2) is 21.9 Å². The lowest BCUT2D eigenvalue weighted by Crippen LogP contribution is -2.18. The number of hydrogen-bond acceptors (Lipinski definition) is 3. The minimum atomic E-state index is -0.228. The predicted molar refractivity (Wildman–Crippen MR) is 122 cm³/mol. The highest BCUT2D eigenvalue weighted by Gasteiger charge is 2.14. The van der Waals surface area contributed by atoms with E-state index in [1.54, 1.807) is 6.21 Å². The number of hydrogen-bond donors (Lipinski definition) is 1. The normalized spacial score (nSPS) is 11.8. The molecule has 0 atom stereocenters. The molecule has 0 saturated carbocycles. The van der Waals surface area contributed by atoms with Crippen molar-refractivity contribution in [1.29, 1.82) is 0 Å². The van der Waals surface area contributed by atoms with Crippen LogP contribution in [0.5, 0.6) is 0 Å². The number of aromatic nitrogens is 2. The SMILES string of the molecule is Cc1ccc(Cn2nc(C)c(/C=N\NC(=O)c3ccc(C(C)(C)C)cc3)c2C)cc1. The molecule has 0 aliphatic carbocycles. The summed E-state index contributed by atoms with van der Waals surface area (Å²) in [5, 5.41) is 8.79. The van der Waals surface area contributed by atoms with Gasteiger partial charge in [-0.15, -0.1) is 0 Å². The van der Waals surface area contributed by atoms with E-state index in [0.29, 0.717) is 12.1 Å². The third kappa shape index (κ3) is 5.03. The van der Waals surface area contributed by atoms with Crippen molar-refractivity contribution in [3.63, 3.8) is 0 Å². The molecule has 0 fully saturated rings. The molecule has 5 heteroatoms. The molecule has 2 aromatic carbocycles. The zero-order valence-electron chi connectivity index (χ0n) is 18.7. The minimum absolute atomic E-state index is 0.0565. The average molecular weight is 403 g/mol. The third-order valence-corrected chi connectivity index (χ3v) is 5.26. The van der Waals surface area contributed by atoms with Gasteiger partial charge in [-0.3, -0.25) is 9.48 Å². The topological polar surface area (TPSA) is 59.3 Å². The largest absolute Gasteiger partial charge is 0.271 e. The highest BCUT2D eigenvalue weighted by atomic mass is 16.2. The number of benzene rings is 2. The number of carbonyl (C=O) groups excluding carboxylic acids is 1. The highest BCUT2D eigenvalue weighted by molar-refractivity contribution is 5.95. The fourth-order valence-electron chi connectivity index (χ4n) is 3.26. The molecule has 156 valence electrons. The summed E-state index contributed by atoms with van der Waals surface area (Å²) in [6, 6.07) is 16.1. The van der Waals surface area contributed by atoms with Gasteiger partial charge in [0.25, 0.3) is 5.91 Å². The van der Waals surface area contributed by atoms with Crippen molar-refractivity contribution in [3.8, 4) is 0 Å². The maximum absolute atomic E-state index is 12.4. The summed E-state index contributed by atoms with van der Waals surface area (Å²) in [6.07, 6.45) is 1.67. The number of carbonyl (C=O) groups is 1. The van der Waals surface area contributed by atoms with Gasteiger partial charge in [0, 0.05) is 16.8 Å². The second-order valence-electron chi connectivity index (χ2n) is 8.75. The van der Waals surface area contributed by atoms with Crippen molar-refractivity contribution in [1.82, 2.24) is 15.2 Å². The van der Waals surface area contributed by atoms with Crippen molar-refractivity contribution in [2.75, 3.05) is 0 Å². The van der Waals surface area contributed by atoms with E-state index in [-0.39, 0.29) is 11.3 Å². The van der Waals surface area contributed by atoms with E-state index < -0.39 is 0 Å². The van der Waals surface area contributed by atoms with Crippen LogP contribution in [0.3, 0.4) is 0 Å². The van der Waals surface area contributed by atoms with E-state index >= 15 is 0 Å². The van der Waals surface area contributed by atoms with Crippen LogP contribution >= 0.6 is 0 Å². The minimum Gasteiger partial charge on any atom is -0.267 e. The maximum Gasteiger partial charge on any atom is 0.271 e. The standard InChI is InChI=1S/C25H30N4O/c1-17-7-9-20(10-8-17)16-29-19(3)23(18(2)28-29)15-26-27-24(30)21-11-13-22(14-12-21)25(4,5)6/h7-15H,16H2,1-6H3,(H,27,30)/b26-15-.